The third-order valence-corrected chi connectivity index (χ3v) is 4.96. The molecular weight excluding hydrogens is 380 g/mol. The maximum absolute atomic E-state index is 11.3. The lowest BCUT2D eigenvalue weighted by atomic mass is 10.2. The first-order chi connectivity index (χ1) is 8.52. The minimum Gasteiger partial charge on any atom is -0.496 e. The summed E-state index contributed by atoms with van der Waals surface area (Å²) in [6.07, 6.45) is 0. The van der Waals surface area contributed by atoms with Crippen LogP contribution in [0.1, 0.15) is 16.6 Å². The van der Waals surface area contributed by atoms with Gasteiger partial charge >= 0.3 is 0 Å². The van der Waals surface area contributed by atoms with E-state index in [9.17, 15) is 4.79 Å². The van der Waals surface area contributed by atoms with Crippen LogP contribution in [-0.2, 0) is 0 Å². The molecule has 2 rings (SSSR count). The summed E-state index contributed by atoms with van der Waals surface area (Å²) in [7, 11) is 1.63. The van der Waals surface area contributed by atoms with Crippen LogP contribution in [0.5, 0.6) is 5.75 Å². The second-order valence-electron chi connectivity index (χ2n) is 3.69. The maximum Gasteiger partial charge on any atom is 0.169 e. The van der Waals surface area contributed by atoms with E-state index in [4.69, 9.17) is 4.74 Å². The Labute approximate surface area is 126 Å². The molecule has 1 aromatic heterocycles. The van der Waals surface area contributed by atoms with Crippen LogP contribution < -0.4 is 4.74 Å². The Bertz CT molecular complexity index is 605. The molecule has 2 nitrogen and oxygen atoms in total. The number of benzene rings is 1. The molecule has 0 radical (unpaired) electrons. The van der Waals surface area contributed by atoms with Gasteiger partial charge in [-0.15, -0.1) is 11.3 Å². The molecule has 1 aromatic carbocycles. The van der Waals surface area contributed by atoms with E-state index < -0.39 is 0 Å². The number of carbonyl (C=O) groups is 1. The summed E-state index contributed by atoms with van der Waals surface area (Å²) in [4.78, 5) is 13.1. The van der Waals surface area contributed by atoms with E-state index in [0.717, 1.165) is 30.0 Å². The van der Waals surface area contributed by atoms with Gasteiger partial charge in [0.15, 0.2) is 5.78 Å². The minimum atomic E-state index is 0.0893. The van der Waals surface area contributed by atoms with Gasteiger partial charge in [0.25, 0.3) is 0 Å². The standard InChI is InChI=1S/C13H10Br2O2S/c1-7(16)12-3-4-13(18-12)8-5-11(17-2)10(15)6-9(8)14/h3-6H,1-2H3. The molecule has 0 aliphatic rings. The fourth-order valence-corrected chi connectivity index (χ4v) is 3.98. The lowest BCUT2D eigenvalue weighted by Gasteiger charge is -2.08. The third-order valence-electron chi connectivity index (χ3n) is 2.46. The van der Waals surface area contributed by atoms with Crippen LogP contribution in [0, 0.1) is 0 Å². The van der Waals surface area contributed by atoms with Crippen LogP contribution in [0.15, 0.2) is 33.2 Å². The Balaban J connectivity index is 2.52. The molecule has 0 fully saturated rings. The first-order valence-corrected chi connectivity index (χ1v) is 7.57. The van der Waals surface area contributed by atoms with Crippen molar-refractivity contribution in [3.63, 3.8) is 0 Å². The fourth-order valence-electron chi connectivity index (χ4n) is 1.55. The van der Waals surface area contributed by atoms with E-state index in [1.807, 2.05) is 24.3 Å². The number of methoxy groups -OCH3 is 1. The number of ether oxygens (including phenoxy) is 1. The van der Waals surface area contributed by atoms with Crippen molar-refractivity contribution in [3.8, 4) is 16.2 Å². The number of Topliss-reactive ketones (excluding diaryl/α,β-unsaturated/α-hetero) is 1. The van der Waals surface area contributed by atoms with Gasteiger partial charge in [-0.1, -0.05) is 15.9 Å². The predicted molar refractivity (Wildman–Crippen MR) is 81.7 cm³/mol. The summed E-state index contributed by atoms with van der Waals surface area (Å²) >= 11 is 8.45. The molecule has 0 saturated heterocycles. The number of halogens is 2. The second-order valence-corrected chi connectivity index (χ2v) is 6.48. The molecule has 0 N–H and O–H groups in total. The molecular formula is C13H10Br2O2S. The second kappa shape index (κ2) is 5.55. The summed E-state index contributed by atoms with van der Waals surface area (Å²) in [6, 6.07) is 7.70. The zero-order valence-electron chi connectivity index (χ0n) is 9.79. The Kier molecular flexibility index (Phi) is 4.25. The van der Waals surface area contributed by atoms with Crippen LogP contribution >= 0.6 is 43.2 Å². The molecule has 0 spiro atoms. The molecule has 5 heteroatoms. The first-order valence-electron chi connectivity index (χ1n) is 5.17. The van der Waals surface area contributed by atoms with Gasteiger partial charge in [0.05, 0.1) is 16.5 Å². The van der Waals surface area contributed by atoms with E-state index in [0.29, 0.717) is 0 Å². The Morgan fingerprint density at radius 2 is 1.94 bits per heavy atom. The number of ketones is 1. The largest absolute Gasteiger partial charge is 0.496 e. The predicted octanol–water partition coefficient (Wildman–Crippen LogP) is 5.15. The van der Waals surface area contributed by atoms with Crippen molar-refractivity contribution < 1.29 is 9.53 Å². The highest BCUT2D eigenvalue weighted by molar-refractivity contribution is 9.11. The van der Waals surface area contributed by atoms with E-state index in [-0.39, 0.29) is 5.78 Å². The van der Waals surface area contributed by atoms with Gasteiger partial charge < -0.3 is 4.74 Å². The molecule has 0 aliphatic heterocycles. The summed E-state index contributed by atoms with van der Waals surface area (Å²) in [5.74, 6) is 0.859. The van der Waals surface area contributed by atoms with Gasteiger partial charge in [-0.2, -0.15) is 0 Å². The Hall–Kier alpha value is -0.650. The van der Waals surface area contributed by atoms with Crippen LogP contribution in [-0.4, -0.2) is 12.9 Å². The first kappa shape index (κ1) is 13.8. The highest BCUT2D eigenvalue weighted by atomic mass is 79.9. The van der Waals surface area contributed by atoms with E-state index in [1.54, 1.807) is 14.0 Å². The zero-order chi connectivity index (χ0) is 13.3. The van der Waals surface area contributed by atoms with Gasteiger partial charge in [-0.25, -0.2) is 0 Å². The fraction of sp³-hybridized carbons (Fsp3) is 0.154. The highest BCUT2D eigenvalue weighted by Crippen LogP contribution is 2.39. The molecule has 0 unspecified atom stereocenters. The average Bonchev–Trinajstić information content (AvgIpc) is 2.78. The van der Waals surface area contributed by atoms with Gasteiger partial charge in [-0.3, -0.25) is 4.79 Å². The summed E-state index contributed by atoms with van der Waals surface area (Å²) in [5, 5.41) is 0. The summed E-state index contributed by atoms with van der Waals surface area (Å²) in [5.41, 5.74) is 1.02. The van der Waals surface area contributed by atoms with Crippen LogP contribution in [0.4, 0.5) is 0 Å². The van der Waals surface area contributed by atoms with Crippen molar-refractivity contribution in [1.29, 1.82) is 0 Å². The van der Waals surface area contributed by atoms with Gasteiger partial charge in [0, 0.05) is 14.9 Å². The van der Waals surface area contributed by atoms with E-state index in [1.165, 1.54) is 11.3 Å². The van der Waals surface area contributed by atoms with Gasteiger partial charge in [0.2, 0.25) is 0 Å². The van der Waals surface area contributed by atoms with Crippen molar-refractivity contribution >= 4 is 49.0 Å². The lowest BCUT2D eigenvalue weighted by Crippen LogP contribution is -1.86. The van der Waals surface area contributed by atoms with E-state index >= 15 is 0 Å². The van der Waals surface area contributed by atoms with Crippen molar-refractivity contribution in [1.82, 2.24) is 0 Å². The third kappa shape index (κ3) is 2.68. The molecule has 0 saturated carbocycles. The molecule has 2 aromatic rings. The van der Waals surface area contributed by atoms with Crippen molar-refractivity contribution in [2.75, 3.05) is 7.11 Å². The van der Waals surface area contributed by atoms with Crippen molar-refractivity contribution in [2.45, 2.75) is 6.92 Å². The topological polar surface area (TPSA) is 26.3 Å². The number of rotatable bonds is 3. The maximum atomic E-state index is 11.3. The quantitative estimate of drug-likeness (QED) is 0.678. The number of hydrogen-bond acceptors (Lipinski definition) is 3. The minimum absolute atomic E-state index is 0.0893. The van der Waals surface area contributed by atoms with Crippen molar-refractivity contribution in [2.24, 2.45) is 0 Å². The molecule has 94 valence electrons. The molecule has 18 heavy (non-hydrogen) atoms. The molecule has 0 atom stereocenters. The molecule has 0 amide bonds. The number of hydrogen-bond donors (Lipinski definition) is 0. The highest BCUT2D eigenvalue weighted by Gasteiger charge is 2.12. The SMILES string of the molecule is COc1cc(-c2ccc(C(C)=O)s2)c(Br)cc1Br. The smallest absolute Gasteiger partial charge is 0.169 e. The Morgan fingerprint density at radius 3 is 2.50 bits per heavy atom. The Morgan fingerprint density at radius 1 is 1.22 bits per heavy atom. The monoisotopic (exact) mass is 388 g/mol. The van der Waals surface area contributed by atoms with Crippen LogP contribution in [0.2, 0.25) is 0 Å². The number of carbonyl (C=O) groups excluding carboxylic acids is 1. The van der Waals surface area contributed by atoms with E-state index in [2.05, 4.69) is 31.9 Å². The van der Waals surface area contributed by atoms with Crippen LogP contribution in [0.25, 0.3) is 10.4 Å². The normalized spacial score (nSPS) is 10.4. The van der Waals surface area contributed by atoms with Crippen LogP contribution in [0.3, 0.4) is 0 Å². The number of thiophene rings is 1. The molecule has 0 bridgehead atoms. The molecule has 0 aliphatic carbocycles. The zero-order valence-corrected chi connectivity index (χ0v) is 13.8. The van der Waals surface area contributed by atoms with Gasteiger partial charge in [0.1, 0.15) is 5.75 Å². The summed E-state index contributed by atoms with van der Waals surface area (Å²) in [6.45, 7) is 1.58. The summed E-state index contributed by atoms with van der Waals surface area (Å²) < 4.78 is 7.14. The van der Waals surface area contributed by atoms with Crippen molar-refractivity contribution in [3.05, 3.63) is 38.1 Å². The molecule has 1 heterocycles. The lowest BCUT2D eigenvalue weighted by molar-refractivity contribution is 0.102. The average molecular weight is 390 g/mol. The van der Waals surface area contributed by atoms with Gasteiger partial charge in [-0.05, 0) is 47.1 Å².